The van der Waals surface area contributed by atoms with Gasteiger partial charge < -0.3 is 10.3 Å². The minimum absolute atomic E-state index is 0.0451. The lowest BCUT2D eigenvalue weighted by atomic mass is 10.3. The Morgan fingerprint density at radius 2 is 2.33 bits per heavy atom. The minimum Gasteiger partial charge on any atom is -0.303 e. The maximum absolute atomic E-state index is 11.2. The van der Waals surface area contributed by atoms with E-state index in [1.54, 1.807) is 5.01 Å². The number of hydrogen-bond donors (Lipinski definition) is 1. The summed E-state index contributed by atoms with van der Waals surface area (Å²) in [5, 5.41) is 9.26. The molecule has 1 fully saturated rings. The first kappa shape index (κ1) is 9.38. The lowest BCUT2D eigenvalue weighted by molar-refractivity contribution is -0.118. The zero-order valence-corrected chi connectivity index (χ0v) is 8.31. The molecule has 4 nitrogen and oxygen atoms in total. The SMILES string of the molecule is CCC1S/C(=N\N(C)C)NC1=O. The molecule has 1 rings (SSSR count). The van der Waals surface area contributed by atoms with E-state index in [2.05, 4.69) is 10.4 Å². The summed E-state index contributed by atoms with van der Waals surface area (Å²) in [5.74, 6) is 0.0723. The number of carbonyl (C=O) groups is 1. The summed E-state index contributed by atoms with van der Waals surface area (Å²) in [6, 6.07) is 0. The van der Waals surface area contributed by atoms with E-state index in [4.69, 9.17) is 0 Å². The van der Waals surface area contributed by atoms with Gasteiger partial charge in [-0.05, 0) is 6.42 Å². The second-order valence-corrected chi connectivity index (χ2v) is 3.95. The van der Waals surface area contributed by atoms with E-state index < -0.39 is 0 Å². The van der Waals surface area contributed by atoms with E-state index >= 15 is 0 Å². The Morgan fingerprint density at radius 1 is 1.67 bits per heavy atom. The van der Waals surface area contributed by atoms with Crippen LogP contribution >= 0.6 is 11.8 Å². The lowest BCUT2D eigenvalue weighted by Crippen LogP contribution is -2.25. The van der Waals surface area contributed by atoms with E-state index in [1.165, 1.54) is 11.8 Å². The molecule has 1 saturated heterocycles. The number of amides is 1. The van der Waals surface area contributed by atoms with E-state index in [-0.39, 0.29) is 11.2 Å². The Morgan fingerprint density at radius 3 is 2.75 bits per heavy atom. The van der Waals surface area contributed by atoms with Gasteiger partial charge in [-0.2, -0.15) is 5.10 Å². The number of rotatable bonds is 2. The van der Waals surface area contributed by atoms with E-state index in [0.29, 0.717) is 5.17 Å². The maximum Gasteiger partial charge on any atom is 0.239 e. The highest BCUT2D eigenvalue weighted by molar-refractivity contribution is 8.15. The van der Waals surface area contributed by atoms with Crippen LogP contribution in [0.2, 0.25) is 0 Å². The molecule has 12 heavy (non-hydrogen) atoms. The normalized spacial score (nSPS) is 26.1. The van der Waals surface area contributed by atoms with Crippen LogP contribution in [-0.2, 0) is 4.79 Å². The van der Waals surface area contributed by atoms with Crippen LogP contribution in [0.4, 0.5) is 0 Å². The van der Waals surface area contributed by atoms with Gasteiger partial charge in [-0.15, -0.1) is 0 Å². The molecular weight excluding hydrogens is 174 g/mol. The molecule has 0 aromatic carbocycles. The fourth-order valence-corrected chi connectivity index (χ4v) is 1.87. The van der Waals surface area contributed by atoms with Crippen LogP contribution in [-0.4, -0.2) is 35.4 Å². The average molecular weight is 187 g/mol. The molecule has 0 radical (unpaired) electrons. The number of carbonyl (C=O) groups excluding carboxylic acids is 1. The van der Waals surface area contributed by atoms with Crippen molar-refractivity contribution in [1.82, 2.24) is 10.3 Å². The second-order valence-electron chi connectivity index (χ2n) is 2.76. The number of hydrogen-bond acceptors (Lipinski definition) is 4. The molecule has 0 bridgehead atoms. The Labute approximate surface area is 76.4 Å². The van der Waals surface area contributed by atoms with Crippen LogP contribution in [0.3, 0.4) is 0 Å². The standard InChI is InChI=1S/C7H13N3OS/c1-4-5-6(11)8-7(12-5)9-10(2)3/h5H,4H2,1-3H3,(H,8,9,11). The first-order chi connectivity index (χ1) is 5.63. The molecule has 0 aliphatic carbocycles. The monoisotopic (exact) mass is 187 g/mol. The molecule has 0 aromatic heterocycles. The molecule has 5 heteroatoms. The van der Waals surface area contributed by atoms with Crippen molar-refractivity contribution in [2.75, 3.05) is 14.1 Å². The molecule has 68 valence electrons. The zero-order chi connectivity index (χ0) is 9.14. The number of nitrogens with one attached hydrogen (secondary N) is 1. The van der Waals surface area contributed by atoms with Crippen LogP contribution in [0.15, 0.2) is 5.10 Å². The van der Waals surface area contributed by atoms with Crippen LogP contribution in [0.25, 0.3) is 0 Å². The second kappa shape index (κ2) is 3.80. The molecule has 1 amide bonds. The van der Waals surface area contributed by atoms with Crippen molar-refractivity contribution in [3.63, 3.8) is 0 Å². The molecule has 1 aliphatic rings. The number of thioether (sulfide) groups is 1. The smallest absolute Gasteiger partial charge is 0.239 e. The van der Waals surface area contributed by atoms with Crippen molar-refractivity contribution in [2.45, 2.75) is 18.6 Å². The molecular formula is C7H13N3OS. The zero-order valence-electron chi connectivity index (χ0n) is 7.50. The highest BCUT2D eigenvalue weighted by atomic mass is 32.2. The predicted octanol–water partition coefficient (Wildman–Crippen LogP) is 0.461. The molecule has 1 atom stereocenters. The Balaban J connectivity index is 2.59. The van der Waals surface area contributed by atoms with Crippen molar-refractivity contribution < 1.29 is 4.79 Å². The van der Waals surface area contributed by atoms with Crippen molar-refractivity contribution in [3.05, 3.63) is 0 Å². The maximum atomic E-state index is 11.2. The third-order valence-corrected chi connectivity index (χ3v) is 2.68. The van der Waals surface area contributed by atoms with Gasteiger partial charge in [0.25, 0.3) is 0 Å². The molecule has 1 aliphatic heterocycles. The average Bonchev–Trinajstić information content (AvgIpc) is 2.29. The molecule has 1 unspecified atom stereocenters. The summed E-state index contributed by atoms with van der Waals surface area (Å²) in [7, 11) is 3.66. The summed E-state index contributed by atoms with van der Waals surface area (Å²) < 4.78 is 0. The van der Waals surface area contributed by atoms with E-state index in [1.807, 2.05) is 21.0 Å². The fourth-order valence-electron chi connectivity index (χ4n) is 0.903. The van der Waals surface area contributed by atoms with Crippen LogP contribution < -0.4 is 5.32 Å². The van der Waals surface area contributed by atoms with Crippen molar-refractivity contribution >= 4 is 22.8 Å². The fraction of sp³-hybridized carbons (Fsp3) is 0.714. The van der Waals surface area contributed by atoms with Gasteiger partial charge in [0.1, 0.15) is 0 Å². The van der Waals surface area contributed by atoms with Gasteiger partial charge >= 0.3 is 0 Å². The van der Waals surface area contributed by atoms with E-state index in [0.717, 1.165) is 6.42 Å². The highest BCUT2D eigenvalue weighted by Gasteiger charge is 2.28. The molecule has 0 spiro atoms. The summed E-state index contributed by atoms with van der Waals surface area (Å²) >= 11 is 1.49. The number of nitrogens with zero attached hydrogens (tertiary/aromatic N) is 2. The van der Waals surface area contributed by atoms with Crippen LogP contribution in [0.1, 0.15) is 13.3 Å². The molecule has 0 aromatic rings. The topological polar surface area (TPSA) is 44.7 Å². The molecule has 1 heterocycles. The third kappa shape index (κ3) is 2.14. The molecule has 1 N–H and O–H groups in total. The van der Waals surface area contributed by atoms with Gasteiger partial charge in [-0.3, -0.25) is 4.79 Å². The Hall–Kier alpha value is -0.710. The first-order valence-corrected chi connectivity index (χ1v) is 4.75. The largest absolute Gasteiger partial charge is 0.303 e. The van der Waals surface area contributed by atoms with Gasteiger partial charge in [0, 0.05) is 14.1 Å². The quantitative estimate of drug-likeness (QED) is 0.639. The van der Waals surface area contributed by atoms with Gasteiger partial charge in [0.15, 0.2) is 5.17 Å². The lowest BCUT2D eigenvalue weighted by Gasteiger charge is -2.04. The van der Waals surface area contributed by atoms with Crippen LogP contribution in [0, 0.1) is 0 Å². The van der Waals surface area contributed by atoms with Gasteiger partial charge in [0.2, 0.25) is 5.91 Å². The Bertz CT molecular complexity index is 215. The van der Waals surface area contributed by atoms with Crippen molar-refractivity contribution in [3.8, 4) is 0 Å². The highest BCUT2D eigenvalue weighted by Crippen LogP contribution is 2.21. The summed E-state index contributed by atoms with van der Waals surface area (Å²) in [5.41, 5.74) is 0. The summed E-state index contributed by atoms with van der Waals surface area (Å²) in [6.07, 6.45) is 0.850. The van der Waals surface area contributed by atoms with Crippen LogP contribution in [0.5, 0.6) is 0 Å². The minimum atomic E-state index is 0.0451. The van der Waals surface area contributed by atoms with E-state index in [9.17, 15) is 4.79 Å². The Kier molecular flexibility index (Phi) is 2.97. The molecule has 0 saturated carbocycles. The van der Waals surface area contributed by atoms with Gasteiger partial charge in [0.05, 0.1) is 5.25 Å². The van der Waals surface area contributed by atoms with Gasteiger partial charge in [-0.25, -0.2) is 0 Å². The van der Waals surface area contributed by atoms with Crippen molar-refractivity contribution in [1.29, 1.82) is 0 Å². The summed E-state index contributed by atoms with van der Waals surface area (Å²) in [6.45, 7) is 2.00. The third-order valence-electron chi connectivity index (χ3n) is 1.44. The van der Waals surface area contributed by atoms with Crippen molar-refractivity contribution in [2.24, 2.45) is 5.10 Å². The number of hydrazone groups is 1. The summed E-state index contributed by atoms with van der Waals surface area (Å²) in [4.78, 5) is 11.2. The first-order valence-electron chi connectivity index (χ1n) is 3.87. The number of amidine groups is 1. The predicted molar refractivity (Wildman–Crippen MR) is 50.9 cm³/mol. The van der Waals surface area contributed by atoms with Gasteiger partial charge in [-0.1, -0.05) is 18.7 Å².